The van der Waals surface area contributed by atoms with E-state index in [2.05, 4.69) is 0 Å². The van der Waals surface area contributed by atoms with E-state index in [-0.39, 0.29) is 6.61 Å². The van der Waals surface area contributed by atoms with Crippen molar-refractivity contribution in [3.8, 4) is 17.2 Å². The number of hydrogen-bond acceptors (Lipinski definition) is 5. The Morgan fingerprint density at radius 2 is 1.84 bits per heavy atom. The second-order valence-electron chi connectivity index (χ2n) is 5.50. The minimum atomic E-state index is -1.02. The first-order valence-corrected chi connectivity index (χ1v) is 7.87. The first-order valence-electron chi connectivity index (χ1n) is 7.87. The molecule has 0 radical (unpaired) electrons. The molecule has 0 bridgehead atoms. The van der Waals surface area contributed by atoms with E-state index in [1.807, 2.05) is 6.07 Å². The van der Waals surface area contributed by atoms with Gasteiger partial charge in [-0.15, -0.1) is 0 Å². The summed E-state index contributed by atoms with van der Waals surface area (Å²) in [5.41, 5.74) is 1.71. The SMILES string of the molecule is COc1ccc(C(O)CCc2cccc(OCC(=O)O)c2)cc1OC. The number of rotatable bonds is 9. The number of aliphatic hydroxyl groups excluding tert-OH is 1. The Morgan fingerprint density at radius 3 is 2.52 bits per heavy atom. The van der Waals surface area contributed by atoms with Crippen molar-refractivity contribution in [2.45, 2.75) is 18.9 Å². The van der Waals surface area contributed by atoms with Crippen LogP contribution in [0.2, 0.25) is 0 Å². The van der Waals surface area contributed by atoms with Crippen molar-refractivity contribution < 1.29 is 29.2 Å². The molecule has 0 saturated carbocycles. The molecule has 0 fully saturated rings. The predicted molar refractivity (Wildman–Crippen MR) is 92.4 cm³/mol. The Kier molecular flexibility index (Phi) is 6.65. The van der Waals surface area contributed by atoms with Gasteiger partial charge in [-0.05, 0) is 48.2 Å². The van der Waals surface area contributed by atoms with Gasteiger partial charge in [0.2, 0.25) is 0 Å². The summed E-state index contributed by atoms with van der Waals surface area (Å²) in [7, 11) is 3.12. The van der Waals surface area contributed by atoms with Crippen molar-refractivity contribution in [2.24, 2.45) is 0 Å². The van der Waals surface area contributed by atoms with Crippen molar-refractivity contribution in [1.82, 2.24) is 0 Å². The van der Waals surface area contributed by atoms with E-state index in [9.17, 15) is 9.90 Å². The van der Waals surface area contributed by atoms with Crippen LogP contribution in [0, 0.1) is 0 Å². The Morgan fingerprint density at radius 1 is 1.08 bits per heavy atom. The van der Waals surface area contributed by atoms with Gasteiger partial charge in [0.1, 0.15) is 5.75 Å². The zero-order chi connectivity index (χ0) is 18.2. The fraction of sp³-hybridized carbons (Fsp3) is 0.316. The summed E-state index contributed by atoms with van der Waals surface area (Å²) < 4.78 is 15.6. The fourth-order valence-corrected chi connectivity index (χ4v) is 2.47. The van der Waals surface area contributed by atoms with Crippen molar-refractivity contribution in [3.63, 3.8) is 0 Å². The molecule has 0 spiro atoms. The zero-order valence-corrected chi connectivity index (χ0v) is 14.3. The van der Waals surface area contributed by atoms with Gasteiger partial charge < -0.3 is 24.4 Å². The van der Waals surface area contributed by atoms with E-state index in [1.54, 1.807) is 50.6 Å². The number of aliphatic hydroxyl groups is 1. The van der Waals surface area contributed by atoms with Gasteiger partial charge in [0.25, 0.3) is 0 Å². The van der Waals surface area contributed by atoms with Crippen molar-refractivity contribution in [3.05, 3.63) is 53.6 Å². The summed E-state index contributed by atoms with van der Waals surface area (Å²) in [4.78, 5) is 10.6. The number of carboxylic acids is 1. The minimum Gasteiger partial charge on any atom is -0.493 e. The maximum absolute atomic E-state index is 10.6. The van der Waals surface area contributed by atoms with Crippen LogP contribution in [-0.2, 0) is 11.2 Å². The molecule has 0 aromatic heterocycles. The van der Waals surface area contributed by atoms with E-state index < -0.39 is 12.1 Å². The molecule has 6 heteroatoms. The van der Waals surface area contributed by atoms with E-state index >= 15 is 0 Å². The van der Waals surface area contributed by atoms with Crippen LogP contribution in [0.25, 0.3) is 0 Å². The lowest BCUT2D eigenvalue weighted by Gasteiger charge is -2.14. The molecule has 2 N–H and O–H groups in total. The second kappa shape index (κ2) is 8.94. The summed E-state index contributed by atoms with van der Waals surface area (Å²) in [6, 6.07) is 12.5. The molecule has 1 atom stereocenters. The van der Waals surface area contributed by atoms with Crippen LogP contribution in [0.4, 0.5) is 0 Å². The highest BCUT2D eigenvalue weighted by molar-refractivity contribution is 5.68. The molecule has 25 heavy (non-hydrogen) atoms. The monoisotopic (exact) mass is 346 g/mol. The summed E-state index contributed by atoms with van der Waals surface area (Å²) in [6.45, 7) is -0.377. The van der Waals surface area contributed by atoms with Gasteiger partial charge >= 0.3 is 5.97 Å². The number of carboxylic acid groups (broad SMARTS) is 1. The van der Waals surface area contributed by atoms with Crippen molar-refractivity contribution in [2.75, 3.05) is 20.8 Å². The Balaban J connectivity index is 1.98. The normalized spacial score (nSPS) is 11.6. The number of methoxy groups -OCH3 is 2. The van der Waals surface area contributed by atoms with Gasteiger partial charge in [-0.2, -0.15) is 0 Å². The number of ether oxygens (including phenoxy) is 3. The van der Waals surface area contributed by atoms with Gasteiger partial charge in [0.05, 0.1) is 20.3 Å². The van der Waals surface area contributed by atoms with Crippen LogP contribution in [0.3, 0.4) is 0 Å². The molecule has 0 aliphatic carbocycles. The number of carbonyl (C=O) groups is 1. The topological polar surface area (TPSA) is 85.2 Å². The maximum atomic E-state index is 10.6. The molecule has 1 unspecified atom stereocenters. The minimum absolute atomic E-state index is 0.377. The largest absolute Gasteiger partial charge is 0.493 e. The third-order valence-electron chi connectivity index (χ3n) is 3.76. The van der Waals surface area contributed by atoms with Crippen LogP contribution in [0.1, 0.15) is 23.7 Å². The molecule has 0 aliphatic heterocycles. The van der Waals surface area contributed by atoms with Gasteiger partial charge in [0.15, 0.2) is 18.1 Å². The molecule has 0 aliphatic rings. The number of aliphatic carboxylic acids is 1. The molecular formula is C19H22O6. The molecule has 0 amide bonds. The Labute approximate surface area is 146 Å². The third-order valence-corrected chi connectivity index (χ3v) is 3.76. The smallest absolute Gasteiger partial charge is 0.341 e. The van der Waals surface area contributed by atoms with E-state index in [1.165, 1.54) is 0 Å². The highest BCUT2D eigenvalue weighted by Gasteiger charge is 2.12. The highest BCUT2D eigenvalue weighted by Crippen LogP contribution is 2.31. The summed E-state index contributed by atoms with van der Waals surface area (Å²) in [5, 5.41) is 19.1. The van der Waals surface area contributed by atoms with Crippen LogP contribution < -0.4 is 14.2 Å². The number of hydrogen-bond donors (Lipinski definition) is 2. The highest BCUT2D eigenvalue weighted by atomic mass is 16.5. The van der Waals surface area contributed by atoms with Crippen LogP contribution >= 0.6 is 0 Å². The van der Waals surface area contributed by atoms with E-state index in [0.29, 0.717) is 30.1 Å². The number of benzene rings is 2. The number of aryl methyl sites for hydroxylation is 1. The first kappa shape index (κ1) is 18.6. The molecule has 0 heterocycles. The quantitative estimate of drug-likeness (QED) is 0.726. The van der Waals surface area contributed by atoms with E-state index in [0.717, 1.165) is 11.1 Å². The first-order chi connectivity index (χ1) is 12.0. The molecule has 134 valence electrons. The van der Waals surface area contributed by atoms with Gasteiger partial charge in [-0.1, -0.05) is 18.2 Å². The van der Waals surface area contributed by atoms with Crippen LogP contribution in [-0.4, -0.2) is 37.0 Å². The summed E-state index contributed by atoms with van der Waals surface area (Å²) in [5.74, 6) is 0.666. The molecule has 2 aromatic carbocycles. The molecular weight excluding hydrogens is 324 g/mol. The zero-order valence-electron chi connectivity index (χ0n) is 14.3. The van der Waals surface area contributed by atoms with Gasteiger partial charge in [-0.25, -0.2) is 4.79 Å². The second-order valence-corrected chi connectivity index (χ2v) is 5.50. The summed E-state index contributed by atoms with van der Waals surface area (Å²) >= 11 is 0. The molecule has 2 aromatic rings. The van der Waals surface area contributed by atoms with Gasteiger partial charge in [-0.3, -0.25) is 0 Å². The summed E-state index contributed by atoms with van der Waals surface area (Å²) in [6.07, 6.45) is 0.487. The lowest BCUT2D eigenvalue weighted by Crippen LogP contribution is -2.09. The third kappa shape index (κ3) is 5.39. The van der Waals surface area contributed by atoms with Crippen LogP contribution in [0.5, 0.6) is 17.2 Å². The average Bonchev–Trinajstić information content (AvgIpc) is 2.64. The predicted octanol–water partition coefficient (Wildman–Crippen LogP) is 2.83. The van der Waals surface area contributed by atoms with Crippen molar-refractivity contribution >= 4 is 5.97 Å². The van der Waals surface area contributed by atoms with Crippen LogP contribution in [0.15, 0.2) is 42.5 Å². The Hall–Kier alpha value is -2.73. The molecule has 6 nitrogen and oxygen atoms in total. The standard InChI is InChI=1S/C19H22O6/c1-23-17-9-7-14(11-18(17)24-2)16(20)8-6-13-4-3-5-15(10-13)25-12-19(21)22/h3-5,7,9-11,16,20H,6,8,12H2,1-2H3,(H,21,22). The molecule has 0 saturated heterocycles. The van der Waals surface area contributed by atoms with Gasteiger partial charge in [0, 0.05) is 0 Å². The van der Waals surface area contributed by atoms with Crippen molar-refractivity contribution in [1.29, 1.82) is 0 Å². The maximum Gasteiger partial charge on any atom is 0.341 e. The molecule has 2 rings (SSSR count). The lowest BCUT2D eigenvalue weighted by molar-refractivity contribution is -0.139. The Bertz CT molecular complexity index is 713. The average molecular weight is 346 g/mol. The fourth-order valence-electron chi connectivity index (χ4n) is 2.47. The lowest BCUT2D eigenvalue weighted by atomic mass is 10.0. The van der Waals surface area contributed by atoms with E-state index in [4.69, 9.17) is 19.3 Å².